The molecule has 2 amide bonds. The van der Waals surface area contributed by atoms with Crippen LogP contribution in [-0.2, 0) is 14.4 Å². The molecule has 0 spiro atoms. The zero-order valence-electron chi connectivity index (χ0n) is 12.4. The van der Waals surface area contributed by atoms with Crippen LogP contribution < -0.4 is 4.72 Å². The predicted molar refractivity (Wildman–Crippen MR) is 81.0 cm³/mol. The topological polar surface area (TPSA) is 78.9 Å². The second-order valence-electron chi connectivity index (χ2n) is 4.24. The smallest absolute Gasteiger partial charge is 0.296 e. The fourth-order valence-corrected chi connectivity index (χ4v) is 2.00. The molecule has 0 aliphatic heterocycles. The summed E-state index contributed by atoms with van der Waals surface area (Å²) in [5.41, 5.74) is 0.637. The molecule has 2 N–H and O–H groups in total. The Kier molecular flexibility index (Phi) is 6.87. The molecule has 0 heterocycles. The number of rotatable bonds is 6. The second-order valence-corrected chi connectivity index (χ2v) is 4.85. The monoisotopic (exact) mass is 328 g/mol. The summed E-state index contributed by atoms with van der Waals surface area (Å²) in [6.45, 7) is 1.67. The van der Waals surface area contributed by atoms with Crippen molar-refractivity contribution < 1.29 is 23.9 Å². The summed E-state index contributed by atoms with van der Waals surface area (Å²) < 4.78 is 15.2. The molecule has 6 nitrogen and oxygen atoms in total. The number of nitrogens with one attached hydrogen (secondary N) is 1. The standard InChI is InChI=1S/C14H17FN2O4S/c1-9(10-4-6-11(15)7-5-10)17(21-2)13(19)8-12(18)14(20)16-22-3/h4-9,18H,1-3H3,(H,16,20)/b12-8-. The minimum Gasteiger partial charge on any atom is -0.503 e. The number of aliphatic hydroxyl groups excluding tert-OH is 1. The van der Waals surface area contributed by atoms with E-state index in [9.17, 15) is 19.1 Å². The van der Waals surface area contributed by atoms with E-state index in [1.807, 2.05) is 0 Å². The van der Waals surface area contributed by atoms with Gasteiger partial charge >= 0.3 is 0 Å². The van der Waals surface area contributed by atoms with Gasteiger partial charge in [-0.25, -0.2) is 9.45 Å². The van der Waals surface area contributed by atoms with Crippen molar-refractivity contribution in [1.82, 2.24) is 9.79 Å². The summed E-state index contributed by atoms with van der Waals surface area (Å²) >= 11 is 0.992. The molecule has 8 heteroatoms. The molecule has 1 rings (SSSR count). The summed E-state index contributed by atoms with van der Waals surface area (Å²) in [6, 6.07) is 5.03. The van der Waals surface area contributed by atoms with Crippen molar-refractivity contribution in [3.63, 3.8) is 0 Å². The Bertz CT molecular complexity index is 562. The molecule has 0 saturated heterocycles. The largest absolute Gasteiger partial charge is 0.503 e. The maximum atomic E-state index is 12.9. The second kappa shape index (κ2) is 8.40. The fraction of sp³-hybridized carbons (Fsp3) is 0.286. The fourth-order valence-electron chi connectivity index (χ4n) is 1.71. The van der Waals surface area contributed by atoms with E-state index in [1.165, 1.54) is 31.4 Å². The van der Waals surface area contributed by atoms with Crippen LogP contribution in [0.25, 0.3) is 0 Å². The average Bonchev–Trinajstić information content (AvgIpc) is 2.48. The molecule has 1 atom stereocenters. The van der Waals surface area contributed by atoms with E-state index in [1.54, 1.807) is 13.2 Å². The molecule has 1 aromatic rings. The number of amides is 2. The lowest BCUT2D eigenvalue weighted by Gasteiger charge is -2.25. The first kappa shape index (κ1) is 18.0. The highest BCUT2D eigenvalue weighted by molar-refractivity contribution is 7.97. The Balaban J connectivity index is 2.90. The van der Waals surface area contributed by atoms with Gasteiger partial charge in [0.1, 0.15) is 5.82 Å². The van der Waals surface area contributed by atoms with E-state index in [0.717, 1.165) is 23.1 Å². The number of nitrogens with zero attached hydrogens (tertiary/aromatic N) is 1. The van der Waals surface area contributed by atoms with Crippen LogP contribution in [0.4, 0.5) is 4.39 Å². The summed E-state index contributed by atoms with van der Waals surface area (Å²) in [4.78, 5) is 28.4. The molecule has 0 aromatic heterocycles. The van der Waals surface area contributed by atoms with Crippen LogP contribution in [-0.4, -0.2) is 35.3 Å². The van der Waals surface area contributed by atoms with E-state index in [0.29, 0.717) is 5.56 Å². The summed E-state index contributed by atoms with van der Waals surface area (Å²) in [6.07, 6.45) is 2.36. The third-order valence-corrected chi connectivity index (χ3v) is 3.20. The van der Waals surface area contributed by atoms with Gasteiger partial charge in [-0.2, -0.15) is 0 Å². The van der Waals surface area contributed by atoms with Gasteiger partial charge in [0.15, 0.2) is 5.76 Å². The molecule has 0 bridgehead atoms. The Labute approximate surface area is 132 Å². The Morgan fingerprint density at radius 2 is 2.00 bits per heavy atom. The first-order valence-corrected chi connectivity index (χ1v) is 7.50. The lowest BCUT2D eigenvalue weighted by Crippen LogP contribution is -2.32. The molecular weight excluding hydrogens is 311 g/mol. The van der Waals surface area contributed by atoms with Gasteiger partial charge in [-0.15, -0.1) is 0 Å². The number of hydrogen-bond donors (Lipinski definition) is 2. The predicted octanol–water partition coefficient (Wildman–Crippen LogP) is 2.11. The van der Waals surface area contributed by atoms with Crippen molar-refractivity contribution in [2.45, 2.75) is 13.0 Å². The van der Waals surface area contributed by atoms with Crippen LogP contribution in [0, 0.1) is 5.82 Å². The van der Waals surface area contributed by atoms with Crippen LogP contribution in [0.15, 0.2) is 36.1 Å². The summed E-state index contributed by atoms with van der Waals surface area (Å²) in [5.74, 6) is -2.62. The molecule has 0 saturated carbocycles. The van der Waals surface area contributed by atoms with Crippen LogP contribution in [0.5, 0.6) is 0 Å². The van der Waals surface area contributed by atoms with Gasteiger partial charge in [-0.3, -0.25) is 19.1 Å². The SMILES string of the molecule is CON(C(=O)/C=C(\O)C(=O)NSC)C(C)c1ccc(F)cc1. The van der Waals surface area contributed by atoms with Gasteiger partial charge in [0.2, 0.25) is 0 Å². The molecule has 1 unspecified atom stereocenters. The minimum absolute atomic E-state index is 0.391. The Hall–Kier alpha value is -2.06. The van der Waals surface area contributed by atoms with Crippen molar-refractivity contribution >= 4 is 23.8 Å². The van der Waals surface area contributed by atoms with Gasteiger partial charge in [0, 0.05) is 6.26 Å². The number of carbonyl (C=O) groups excluding carboxylic acids is 2. The maximum absolute atomic E-state index is 12.9. The zero-order valence-corrected chi connectivity index (χ0v) is 13.2. The van der Waals surface area contributed by atoms with E-state index < -0.39 is 29.4 Å². The van der Waals surface area contributed by atoms with Crippen molar-refractivity contribution in [3.05, 3.63) is 47.5 Å². The normalized spacial score (nSPS) is 12.6. The summed E-state index contributed by atoms with van der Waals surface area (Å²) in [5, 5.41) is 10.5. The number of benzene rings is 1. The molecular formula is C14H17FN2O4S. The molecule has 0 aliphatic carbocycles. The van der Waals surface area contributed by atoms with E-state index in [4.69, 9.17) is 4.84 Å². The van der Waals surface area contributed by atoms with Gasteiger partial charge in [-0.05, 0) is 24.6 Å². The van der Waals surface area contributed by atoms with E-state index >= 15 is 0 Å². The lowest BCUT2D eigenvalue weighted by molar-refractivity contribution is -0.182. The molecule has 1 aromatic carbocycles. The highest BCUT2D eigenvalue weighted by atomic mass is 32.2. The van der Waals surface area contributed by atoms with Crippen LogP contribution in [0.2, 0.25) is 0 Å². The number of aliphatic hydroxyl groups is 1. The number of hydroxylamine groups is 2. The zero-order chi connectivity index (χ0) is 16.7. The molecule has 120 valence electrons. The van der Waals surface area contributed by atoms with Crippen LogP contribution >= 0.6 is 11.9 Å². The van der Waals surface area contributed by atoms with Gasteiger partial charge in [0.05, 0.1) is 19.2 Å². The third-order valence-electron chi connectivity index (χ3n) is 2.81. The number of hydrogen-bond acceptors (Lipinski definition) is 5. The Morgan fingerprint density at radius 3 is 2.50 bits per heavy atom. The minimum atomic E-state index is -0.786. The van der Waals surface area contributed by atoms with Crippen molar-refractivity contribution in [1.29, 1.82) is 0 Å². The Morgan fingerprint density at radius 1 is 1.41 bits per heavy atom. The highest BCUT2D eigenvalue weighted by Gasteiger charge is 2.22. The summed E-state index contributed by atoms with van der Waals surface area (Å²) in [7, 11) is 1.28. The van der Waals surface area contributed by atoms with E-state index in [-0.39, 0.29) is 0 Å². The van der Waals surface area contributed by atoms with Crippen molar-refractivity contribution in [2.24, 2.45) is 0 Å². The quantitative estimate of drug-likeness (QED) is 0.362. The first-order valence-electron chi connectivity index (χ1n) is 6.27. The number of halogens is 1. The van der Waals surface area contributed by atoms with Crippen molar-refractivity contribution in [3.8, 4) is 0 Å². The van der Waals surface area contributed by atoms with Gasteiger partial charge in [0.25, 0.3) is 11.8 Å². The van der Waals surface area contributed by atoms with Crippen LogP contribution in [0.1, 0.15) is 18.5 Å². The molecule has 22 heavy (non-hydrogen) atoms. The van der Waals surface area contributed by atoms with Gasteiger partial charge < -0.3 is 5.11 Å². The molecule has 0 radical (unpaired) electrons. The average molecular weight is 328 g/mol. The lowest BCUT2D eigenvalue weighted by atomic mass is 10.1. The van der Waals surface area contributed by atoms with Crippen LogP contribution in [0.3, 0.4) is 0 Å². The number of carbonyl (C=O) groups is 2. The molecule has 0 fully saturated rings. The molecule has 0 aliphatic rings. The third kappa shape index (κ3) is 4.74. The first-order chi connectivity index (χ1) is 10.4. The van der Waals surface area contributed by atoms with E-state index in [2.05, 4.69) is 4.72 Å². The highest BCUT2D eigenvalue weighted by Crippen LogP contribution is 2.21. The van der Waals surface area contributed by atoms with Gasteiger partial charge in [-0.1, -0.05) is 24.1 Å². The maximum Gasteiger partial charge on any atom is 0.296 e. The van der Waals surface area contributed by atoms with Crippen molar-refractivity contribution in [2.75, 3.05) is 13.4 Å².